The largest absolute Gasteiger partial charge is 0.462 e. The van der Waals surface area contributed by atoms with E-state index in [0.717, 1.165) is 5.56 Å². The summed E-state index contributed by atoms with van der Waals surface area (Å²) in [5.74, 6) is -1.10. The Hall–Kier alpha value is -2.42. The molecule has 9 heteroatoms. The summed E-state index contributed by atoms with van der Waals surface area (Å²) in [6, 6.07) is 11.9. The van der Waals surface area contributed by atoms with Crippen molar-refractivity contribution in [2.75, 3.05) is 25.0 Å². The van der Waals surface area contributed by atoms with Gasteiger partial charge in [-0.05, 0) is 56.0 Å². The molecule has 0 spiro atoms. The molecule has 2 aromatic rings. The lowest BCUT2D eigenvalue weighted by Gasteiger charge is -2.30. The van der Waals surface area contributed by atoms with Crippen molar-refractivity contribution < 1.29 is 22.7 Å². The molecule has 0 bridgehead atoms. The van der Waals surface area contributed by atoms with Gasteiger partial charge in [-0.2, -0.15) is 0 Å². The van der Waals surface area contributed by atoms with E-state index in [4.69, 9.17) is 16.3 Å². The molecule has 1 N–H and O–H groups in total. The van der Waals surface area contributed by atoms with E-state index >= 15 is 0 Å². The predicted molar refractivity (Wildman–Crippen MR) is 124 cm³/mol. The molecular formula is C23H27ClN2O5S. The molecule has 1 heterocycles. The first-order valence-corrected chi connectivity index (χ1v) is 12.5. The number of ether oxygens (including phenoxy) is 1. The molecular weight excluding hydrogens is 452 g/mol. The van der Waals surface area contributed by atoms with E-state index in [0.29, 0.717) is 34.7 Å². The van der Waals surface area contributed by atoms with Crippen LogP contribution in [0.25, 0.3) is 0 Å². The van der Waals surface area contributed by atoms with Crippen molar-refractivity contribution in [2.45, 2.75) is 32.4 Å². The number of sulfonamides is 1. The average molecular weight is 479 g/mol. The van der Waals surface area contributed by atoms with Gasteiger partial charge in [0, 0.05) is 29.7 Å². The van der Waals surface area contributed by atoms with E-state index in [1.807, 2.05) is 6.92 Å². The summed E-state index contributed by atoms with van der Waals surface area (Å²) < 4.78 is 32.0. The number of nitrogens with zero attached hydrogens (tertiary/aromatic N) is 1. The van der Waals surface area contributed by atoms with Crippen molar-refractivity contribution in [3.8, 4) is 0 Å². The summed E-state index contributed by atoms with van der Waals surface area (Å²) in [4.78, 5) is 24.8. The molecule has 1 fully saturated rings. The number of carbonyl (C=O) groups excluding carboxylic acids is 2. The van der Waals surface area contributed by atoms with Gasteiger partial charge < -0.3 is 10.1 Å². The first-order valence-electron chi connectivity index (χ1n) is 10.5. The molecule has 3 rings (SSSR count). The van der Waals surface area contributed by atoms with E-state index in [9.17, 15) is 18.0 Å². The van der Waals surface area contributed by atoms with Crippen LogP contribution >= 0.6 is 11.6 Å². The van der Waals surface area contributed by atoms with Gasteiger partial charge in [-0.15, -0.1) is 0 Å². The Morgan fingerprint density at radius 3 is 2.50 bits per heavy atom. The van der Waals surface area contributed by atoms with Gasteiger partial charge in [0.2, 0.25) is 15.9 Å². The molecule has 0 saturated carbocycles. The Bertz CT molecular complexity index is 1100. The highest BCUT2D eigenvalue weighted by atomic mass is 35.5. The van der Waals surface area contributed by atoms with E-state index in [1.165, 1.54) is 4.31 Å². The number of rotatable bonds is 7. The quantitative estimate of drug-likeness (QED) is 0.607. The zero-order valence-corrected chi connectivity index (χ0v) is 19.7. The van der Waals surface area contributed by atoms with Crippen molar-refractivity contribution >= 4 is 39.2 Å². The minimum absolute atomic E-state index is 0.163. The summed E-state index contributed by atoms with van der Waals surface area (Å²) in [6.07, 6.45) is 0.842. The summed E-state index contributed by atoms with van der Waals surface area (Å²) in [5.41, 5.74) is 2.31. The molecule has 0 atom stereocenters. The number of aryl methyl sites for hydroxylation is 1. The first kappa shape index (κ1) is 24.2. The summed E-state index contributed by atoms with van der Waals surface area (Å²) >= 11 is 6.11. The second kappa shape index (κ2) is 10.5. The van der Waals surface area contributed by atoms with Crippen LogP contribution < -0.4 is 5.32 Å². The summed E-state index contributed by atoms with van der Waals surface area (Å²) in [6.45, 7) is 4.38. The first-order chi connectivity index (χ1) is 15.2. The van der Waals surface area contributed by atoms with Gasteiger partial charge in [0.05, 0.1) is 17.9 Å². The summed E-state index contributed by atoms with van der Waals surface area (Å²) in [7, 11) is -3.53. The molecule has 2 aromatic carbocycles. The highest BCUT2D eigenvalue weighted by Crippen LogP contribution is 2.26. The smallest absolute Gasteiger partial charge is 0.338 e. The fourth-order valence-electron chi connectivity index (χ4n) is 3.63. The SMILES string of the molecule is CCOC(=O)c1ccc(C)c(NC(=O)C2CCN(S(=O)(=O)Cc3ccccc3Cl)CC2)c1. The third-order valence-corrected chi connectivity index (χ3v) is 7.72. The normalized spacial score (nSPS) is 15.3. The van der Waals surface area contributed by atoms with E-state index in [-0.39, 0.29) is 37.3 Å². The van der Waals surface area contributed by atoms with Crippen molar-refractivity contribution in [1.29, 1.82) is 0 Å². The lowest BCUT2D eigenvalue weighted by atomic mass is 9.97. The Balaban J connectivity index is 1.60. The van der Waals surface area contributed by atoms with Crippen molar-refractivity contribution in [2.24, 2.45) is 5.92 Å². The van der Waals surface area contributed by atoms with Gasteiger partial charge in [-0.1, -0.05) is 35.9 Å². The van der Waals surface area contributed by atoms with Crippen LogP contribution in [0.4, 0.5) is 5.69 Å². The number of hydrogen-bond donors (Lipinski definition) is 1. The zero-order valence-electron chi connectivity index (χ0n) is 18.1. The number of anilines is 1. The maximum atomic E-state index is 12.8. The average Bonchev–Trinajstić information content (AvgIpc) is 2.77. The van der Waals surface area contributed by atoms with Crippen LogP contribution in [0.15, 0.2) is 42.5 Å². The van der Waals surface area contributed by atoms with Gasteiger partial charge >= 0.3 is 5.97 Å². The molecule has 172 valence electrons. The molecule has 32 heavy (non-hydrogen) atoms. The number of amides is 1. The second-order valence-corrected chi connectivity index (χ2v) is 10.1. The van der Waals surface area contributed by atoms with Gasteiger partial charge in [0.1, 0.15) is 0 Å². The van der Waals surface area contributed by atoms with Crippen molar-refractivity contribution in [1.82, 2.24) is 4.31 Å². The maximum Gasteiger partial charge on any atom is 0.338 e. The summed E-state index contributed by atoms with van der Waals surface area (Å²) in [5, 5.41) is 3.31. The van der Waals surface area contributed by atoms with Gasteiger partial charge in [-0.3, -0.25) is 4.79 Å². The number of carbonyl (C=O) groups is 2. The number of piperidine rings is 1. The van der Waals surface area contributed by atoms with Gasteiger partial charge in [-0.25, -0.2) is 17.5 Å². The Labute approximate surface area is 193 Å². The lowest BCUT2D eigenvalue weighted by molar-refractivity contribution is -0.120. The Morgan fingerprint density at radius 2 is 1.84 bits per heavy atom. The number of hydrogen-bond acceptors (Lipinski definition) is 5. The van der Waals surface area contributed by atoms with Crippen LogP contribution in [0.3, 0.4) is 0 Å². The molecule has 0 aromatic heterocycles. The van der Waals surface area contributed by atoms with E-state index < -0.39 is 16.0 Å². The highest BCUT2D eigenvalue weighted by Gasteiger charge is 2.31. The number of benzene rings is 2. The topological polar surface area (TPSA) is 92.8 Å². The van der Waals surface area contributed by atoms with Crippen LogP contribution in [0, 0.1) is 12.8 Å². The minimum Gasteiger partial charge on any atom is -0.462 e. The molecule has 1 aliphatic heterocycles. The van der Waals surface area contributed by atoms with Crippen LogP contribution in [0.1, 0.15) is 41.3 Å². The Kier molecular flexibility index (Phi) is 7.92. The number of nitrogens with one attached hydrogen (secondary N) is 1. The number of halogens is 1. The fraction of sp³-hybridized carbons (Fsp3) is 0.391. The van der Waals surface area contributed by atoms with Crippen LogP contribution in [-0.4, -0.2) is 44.3 Å². The molecule has 1 saturated heterocycles. The zero-order chi connectivity index (χ0) is 23.3. The third-order valence-electron chi connectivity index (χ3n) is 5.52. The van der Waals surface area contributed by atoms with E-state index in [2.05, 4.69) is 5.32 Å². The van der Waals surface area contributed by atoms with Crippen LogP contribution in [-0.2, 0) is 25.3 Å². The number of esters is 1. The molecule has 7 nitrogen and oxygen atoms in total. The monoisotopic (exact) mass is 478 g/mol. The van der Waals surface area contributed by atoms with Gasteiger partial charge in [0.15, 0.2) is 0 Å². The highest BCUT2D eigenvalue weighted by molar-refractivity contribution is 7.88. The third kappa shape index (κ3) is 5.88. The predicted octanol–water partition coefficient (Wildman–Crippen LogP) is 4.01. The minimum atomic E-state index is -3.53. The van der Waals surface area contributed by atoms with Crippen LogP contribution in [0.5, 0.6) is 0 Å². The van der Waals surface area contributed by atoms with Crippen molar-refractivity contribution in [3.63, 3.8) is 0 Å². The van der Waals surface area contributed by atoms with E-state index in [1.54, 1.807) is 49.4 Å². The Morgan fingerprint density at radius 1 is 1.16 bits per heavy atom. The van der Waals surface area contributed by atoms with Gasteiger partial charge in [0.25, 0.3) is 0 Å². The molecule has 0 radical (unpaired) electrons. The lowest BCUT2D eigenvalue weighted by Crippen LogP contribution is -2.42. The second-order valence-electron chi connectivity index (χ2n) is 7.76. The maximum absolute atomic E-state index is 12.8. The fourth-order valence-corrected chi connectivity index (χ4v) is 5.51. The molecule has 1 amide bonds. The van der Waals surface area contributed by atoms with Crippen molar-refractivity contribution in [3.05, 3.63) is 64.2 Å². The molecule has 0 aliphatic carbocycles. The standard InChI is InChI=1S/C23H27ClN2O5S/c1-3-31-23(28)18-9-8-16(2)21(14-18)25-22(27)17-10-12-26(13-11-17)32(29,30)15-19-6-4-5-7-20(19)24/h4-9,14,17H,3,10-13,15H2,1-2H3,(H,25,27). The molecule has 1 aliphatic rings. The van der Waals surface area contributed by atoms with Crippen LogP contribution in [0.2, 0.25) is 5.02 Å². The molecule has 0 unspecified atom stereocenters.